The van der Waals surface area contributed by atoms with Crippen LogP contribution in [0.25, 0.3) is 0 Å². The lowest BCUT2D eigenvalue weighted by Crippen LogP contribution is -2.30. The zero-order chi connectivity index (χ0) is 58.5. The molecule has 6 nitrogen and oxygen atoms in total. The van der Waals surface area contributed by atoms with Crippen LogP contribution in [0.4, 0.5) is 0 Å². The second-order valence-electron chi connectivity index (χ2n) is 20.2. The van der Waals surface area contributed by atoms with Crippen molar-refractivity contribution in [3.63, 3.8) is 0 Å². The Morgan fingerprint density at radius 2 is 0.457 bits per heavy atom. The smallest absolute Gasteiger partial charge is 0.306 e. The first-order valence-electron chi connectivity index (χ1n) is 31.9. The average Bonchev–Trinajstić information content (AvgIpc) is 3.47. The molecule has 0 spiro atoms. The van der Waals surface area contributed by atoms with Crippen LogP contribution in [0.15, 0.2) is 194 Å². The fraction of sp³-hybridized carbons (Fsp3) is 0.533. The Kier molecular flexibility index (Phi) is 62.0. The van der Waals surface area contributed by atoms with Crippen molar-refractivity contribution in [2.24, 2.45) is 0 Å². The predicted octanol–water partition coefficient (Wildman–Crippen LogP) is 22.2. The van der Waals surface area contributed by atoms with Gasteiger partial charge in [-0.1, -0.05) is 260 Å². The van der Waals surface area contributed by atoms with Gasteiger partial charge in [0.05, 0.1) is 0 Å². The summed E-state index contributed by atoms with van der Waals surface area (Å²) in [5, 5.41) is 0. The van der Waals surface area contributed by atoms with Crippen molar-refractivity contribution in [2.45, 2.75) is 245 Å². The number of hydrogen-bond acceptors (Lipinski definition) is 6. The molecule has 0 fully saturated rings. The van der Waals surface area contributed by atoms with E-state index in [0.29, 0.717) is 12.8 Å². The molecule has 0 radical (unpaired) electrons. The van der Waals surface area contributed by atoms with Crippen LogP contribution in [0.5, 0.6) is 0 Å². The van der Waals surface area contributed by atoms with Crippen LogP contribution < -0.4 is 0 Å². The number of rotatable bonds is 55. The van der Waals surface area contributed by atoms with E-state index in [0.717, 1.165) is 173 Å². The first-order chi connectivity index (χ1) is 40.0. The summed E-state index contributed by atoms with van der Waals surface area (Å²) in [7, 11) is 0. The van der Waals surface area contributed by atoms with E-state index >= 15 is 0 Å². The molecule has 1 unspecified atom stereocenters. The van der Waals surface area contributed by atoms with Crippen LogP contribution in [0.2, 0.25) is 0 Å². The van der Waals surface area contributed by atoms with Gasteiger partial charge in [0, 0.05) is 19.3 Å². The lowest BCUT2D eigenvalue weighted by atomic mass is 10.1. The highest BCUT2D eigenvalue weighted by atomic mass is 16.6. The highest BCUT2D eigenvalue weighted by molar-refractivity contribution is 5.71. The van der Waals surface area contributed by atoms with Crippen molar-refractivity contribution in [2.75, 3.05) is 13.2 Å². The molecule has 0 rings (SSSR count). The third-order valence-electron chi connectivity index (χ3n) is 12.6. The molecule has 0 bridgehead atoms. The van der Waals surface area contributed by atoms with Gasteiger partial charge in [-0.25, -0.2) is 0 Å². The first-order valence-corrected chi connectivity index (χ1v) is 31.9. The molecule has 0 saturated carbocycles. The number of allylic oxidation sites excluding steroid dienone is 32. The number of carbonyl (C=O) groups excluding carboxylic acids is 3. The molecule has 0 aromatic rings. The van der Waals surface area contributed by atoms with Crippen LogP contribution in [-0.4, -0.2) is 37.2 Å². The minimum atomic E-state index is -0.833. The summed E-state index contributed by atoms with van der Waals surface area (Å²) in [4.78, 5) is 38.4. The molecule has 81 heavy (non-hydrogen) atoms. The topological polar surface area (TPSA) is 78.9 Å². The van der Waals surface area contributed by atoms with Crippen LogP contribution in [0, 0.1) is 0 Å². The molecule has 0 aliphatic rings. The average molecular weight is 1110 g/mol. The quantitative estimate of drug-likeness (QED) is 0.0261. The molecule has 0 N–H and O–H groups in total. The second kappa shape index (κ2) is 66.8. The maximum Gasteiger partial charge on any atom is 0.306 e. The summed E-state index contributed by atoms with van der Waals surface area (Å²) < 4.78 is 16.9. The van der Waals surface area contributed by atoms with E-state index in [2.05, 4.69) is 215 Å². The maximum atomic E-state index is 12.9. The Labute approximate surface area is 497 Å². The van der Waals surface area contributed by atoms with Gasteiger partial charge in [-0.15, -0.1) is 0 Å². The Morgan fingerprint density at radius 1 is 0.247 bits per heavy atom. The molecule has 0 aliphatic carbocycles. The van der Waals surface area contributed by atoms with Crippen LogP contribution in [0.3, 0.4) is 0 Å². The van der Waals surface area contributed by atoms with E-state index in [9.17, 15) is 14.4 Å². The summed E-state index contributed by atoms with van der Waals surface area (Å²) in [6, 6.07) is 0. The van der Waals surface area contributed by atoms with Gasteiger partial charge in [-0.3, -0.25) is 14.4 Å². The normalized spacial score (nSPS) is 13.5. The Bertz CT molecular complexity index is 1950. The van der Waals surface area contributed by atoms with Crippen LogP contribution >= 0.6 is 0 Å². The summed E-state index contributed by atoms with van der Waals surface area (Å²) in [5.74, 6) is -1.03. The number of carbonyl (C=O) groups is 3. The zero-order valence-electron chi connectivity index (χ0n) is 51.5. The van der Waals surface area contributed by atoms with E-state index in [1.165, 1.54) is 19.3 Å². The molecule has 0 aromatic carbocycles. The largest absolute Gasteiger partial charge is 0.462 e. The summed E-state index contributed by atoms with van der Waals surface area (Å²) in [6.07, 6.45) is 101. The summed E-state index contributed by atoms with van der Waals surface area (Å²) >= 11 is 0. The molecule has 0 aliphatic heterocycles. The molecule has 450 valence electrons. The Morgan fingerprint density at radius 3 is 0.741 bits per heavy atom. The maximum absolute atomic E-state index is 12.9. The number of unbranched alkanes of at least 4 members (excludes halogenated alkanes) is 12. The molecule has 0 amide bonds. The number of ether oxygens (including phenoxy) is 3. The number of hydrogen-bond donors (Lipinski definition) is 0. The van der Waals surface area contributed by atoms with Crippen molar-refractivity contribution >= 4 is 17.9 Å². The molecule has 6 heteroatoms. The molecule has 0 aromatic heterocycles. The van der Waals surface area contributed by atoms with Crippen molar-refractivity contribution in [3.05, 3.63) is 194 Å². The lowest BCUT2D eigenvalue weighted by Gasteiger charge is -2.18. The fourth-order valence-corrected chi connectivity index (χ4v) is 7.92. The fourth-order valence-electron chi connectivity index (χ4n) is 7.92. The zero-order valence-corrected chi connectivity index (χ0v) is 51.5. The number of esters is 3. The van der Waals surface area contributed by atoms with Gasteiger partial charge in [-0.05, 0) is 154 Å². The minimum absolute atomic E-state index is 0.124. The molecule has 0 heterocycles. The lowest BCUT2D eigenvalue weighted by molar-refractivity contribution is -0.167. The third kappa shape index (κ3) is 64.9. The van der Waals surface area contributed by atoms with Gasteiger partial charge in [-0.2, -0.15) is 0 Å². The van der Waals surface area contributed by atoms with Crippen molar-refractivity contribution in [1.29, 1.82) is 0 Å². The van der Waals surface area contributed by atoms with Crippen LogP contribution in [0.1, 0.15) is 239 Å². The third-order valence-corrected chi connectivity index (χ3v) is 12.6. The van der Waals surface area contributed by atoms with Gasteiger partial charge in [0.2, 0.25) is 0 Å². The van der Waals surface area contributed by atoms with E-state index in [1.54, 1.807) is 0 Å². The van der Waals surface area contributed by atoms with Gasteiger partial charge in [0.15, 0.2) is 6.10 Å². The first kappa shape index (κ1) is 75.2. The minimum Gasteiger partial charge on any atom is -0.462 e. The highest BCUT2D eigenvalue weighted by Gasteiger charge is 2.19. The van der Waals surface area contributed by atoms with E-state index in [-0.39, 0.29) is 44.0 Å². The van der Waals surface area contributed by atoms with Gasteiger partial charge in [0.25, 0.3) is 0 Å². The van der Waals surface area contributed by atoms with Gasteiger partial charge in [0.1, 0.15) is 13.2 Å². The van der Waals surface area contributed by atoms with E-state index in [4.69, 9.17) is 14.2 Å². The Balaban J connectivity index is 4.59. The second-order valence-corrected chi connectivity index (χ2v) is 20.2. The molecule has 0 saturated heterocycles. The van der Waals surface area contributed by atoms with Crippen molar-refractivity contribution in [3.8, 4) is 0 Å². The van der Waals surface area contributed by atoms with Gasteiger partial charge >= 0.3 is 17.9 Å². The van der Waals surface area contributed by atoms with Crippen LogP contribution in [-0.2, 0) is 28.6 Å². The van der Waals surface area contributed by atoms with E-state index < -0.39 is 6.10 Å². The monoisotopic (exact) mass is 1110 g/mol. The van der Waals surface area contributed by atoms with Gasteiger partial charge < -0.3 is 14.2 Å². The van der Waals surface area contributed by atoms with Crippen molar-refractivity contribution < 1.29 is 28.6 Å². The van der Waals surface area contributed by atoms with Crippen molar-refractivity contribution in [1.82, 2.24) is 0 Å². The summed E-state index contributed by atoms with van der Waals surface area (Å²) in [6.45, 7) is 6.21. The standard InChI is InChI=1S/C75H114O6/c1-4-7-10-13-16-19-22-25-28-31-33-35-37-39-41-44-47-50-53-56-59-62-65-68-74(77)80-71-72(70-79-73(76)67-64-61-58-55-52-49-46-43-30-27-24-21-18-15-12-9-6-3)81-75(78)69-66-63-60-57-54-51-48-45-42-40-38-36-34-32-29-26-23-20-17-14-11-8-5-2/h7-12,16-21,25-30,33-36,39-42,46-47,49-50,56,59,72H,4-6,13-15,22-24,31-32,37-38,43-45,48,51-55,57-58,60-71H2,1-3H3/b10-7-,11-8-,12-9-,19-16-,20-17-,21-18-,28-25-,29-26-,30-27-,35-33-,36-34-,41-39-,42-40-,49-46-,50-47-,59-56-. The SMILES string of the molecule is CC/C=C\C/C=C\C/C=C\C/C=C\C/C=C\C/C=C\C/C=C\CCCC(=O)OCC(COC(=O)CCCCCC/C=C\C/C=C\C/C=C\C/C=C\CC)OC(=O)CCCCCCCCC/C=C\C/C=C\C/C=C\C/C=C\C/C=C\CC. The highest BCUT2D eigenvalue weighted by Crippen LogP contribution is 2.13. The molecular formula is C75H114O6. The molecule has 1 atom stereocenters. The van der Waals surface area contributed by atoms with E-state index in [1.807, 2.05) is 0 Å². The molecular weight excluding hydrogens is 997 g/mol. The Hall–Kier alpha value is -5.75. The summed E-state index contributed by atoms with van der Waals surface area (Å²) in [5.41, 5.74) is 0. The predicted molar refractivity (Wildman–Crippen MR) is 352 cm³/mol.